The summed E-state index contributed by atoms with van der Waals surface area (Å²) in [5, 5.41) is 8.82. The Morgan fingerprint density at radius 1 is 1.47 bits per heavy atom. The number of ether oxygens (including phenoxy) is 1. The third-order valence-electron chi connectivity index (χ3n) is 1.79. The van der Waals surface area contributed by atoms with Crippen LogP contribution in [-0.4, -0.2) is 24.2 Å². The molecule has 15 heavy (non-hydrogen) atoms. The van der Waals surface area contributed by atoms with Crippen molar-refractivity contribution in [1.82, 2.24) is 0 Å². The molecule has 1 rings (SSSR count). The molecule has 0 radical (unpaired) electrons. The van der Waals surface area contributed by atoms with Gasteiger partial charge in [-0.05, 0) is 17.7 Å². The van der Waals surface area contributed by atoms with Gasteiger partial charge in [0.15, 0.2) is 0 Å². The topological polar surface area (TPSA) is 63.6 Å². The zero-order valence-corrected chi connectivity index (χ0v) is 8.75. The van der Waals surface area contributed by atoms with E-state index in [1.807, 2.05) is 0 Å². The van der Waals surface area contributed by atoms with Crippen molar-refractivity contribution < 1.29 is 19.4 Å². The molecule has 1 aromatic rings. The monoisotopic (exact) mass is 228 g/mol. The summed E-state index contributed by atoms with van der Waals surface area (Å²) in [6.07, 6.45) is -0.152. The number of carboxylic acids is 1. The van der Waals surface area contributed by atoms with Crippen LogP contribution >= 0.6 is 11.6 Å². The molecule has 0 atom stereocenters. The molecule has 0 fully saturated rings. The molecule has 80 valence electrons. The van der Waals surface area contributed by atoms with Crippen molar-refractivity contribution in [2.75, 3.05) is 7.11 Å². The summed E-state index contributed by atoms with van der Waals surface area (Å²) in [6, 6.07) is 4.46. The van der Waals surface area contributed by atoms with Gasteiger partial charge in [0.2, 0.25) is 0 Å². The number of carboxylic acid groups (broad SMARTS) is 1. The average Bonchev–Trinajstić information content (AvgIpc) is 2.19. The Bertz CT molecular complexity index is 400. The van der Waals surface area contributed by atoms with Gasteiger partial charge in [-0.15, -0.1) is 0 Å². The molecule has 0 bridgehead atoms. The quantitative estimate of drug-likeness (QED) is 0.801. The summed E-state index contributed by atoms with van der Waals surface area (Å²) in [6.45, 7) is 0. The molecule has 4 nitrogen and oxygen atoms in total. The van der Waals surface area contributed by atoms with E-state index >= 15 is 0 Å². The molecule has 0 spiro atoms. The van der Waals surface area contributed by atoms with Gasteiger partial charge in [0.1, 0.15) is 0 Å². The van der Waals surface area contributed by atoms with Crippen molar-refractivity contribution in [1.29, 1.82) is 0 Å². The second-order valence-electron chi connectivity index (χ2n) is 2.88. The van der Waals surface area contributed by atoms with Gasteiger partial charge in [0.05, 0.1) is 24.1 Å². The molecular weight excluding hydrogens is 220 g/mol. The summed E-state index contributed by atoms with van der Waals surface area (Å²) >= 11 is 5.76. The first-order chi connectivity index (χ1) is 7.04. The second kappa shape index (κ2) is 4.79. The van der Waals surface area contributed by atoms with Gasteiger partial charge in [-0.3, -0.25) is 4.79 Å². The lowest BCUT2D eigenvalue weighted by Crippen LogP contribution is -2.05. The number of carbonyl (C=O) groups excluding carboxylic acids is 1. The maximum Gasteiger partial charge on any atom is 0.339 e. The maximum atomic E-state index is 11.2. The molecule has 5 heteroatoms. The first-order valence-corrected chi connectivity index (χ1v) is 4.51. The molecule has 0 amide bonds. The molecule has 0 aliphatic heterocycles. The fourth-order valence-electron chi connectivity index (χ4n) is 1.12. The molecular formula is C10H9ClO4. The van der Waals surface area contributed by atoms with Crippen LogP contribution in [0.4, 0.5) is 0 Å². The molecule has 0 saturated heterocycles. The Kier molecular flexibility index (Phi) is 3.68. The third kappa shape index (κ3) is 2.95. The lowest BCUT2D eigenvalue weighted by atomic mass is 10.1. The van der Waals surface area contributed by atoms with E-state index in [4.69, 9.17) is 16.7 Å². The number of rotatable bonds is 3. The minimum Gasteiger partial charge on any atom is -0.481 e. The predicted octanol–water partition coefficient (Wildman–Crippen LogP) is 1.75. The van der Waals surface area contributed by atoms with E-state index in [2.05, 4.69) is 4.74 Å². The second-order valence-corrected chi connectivity index (χ2v) is 3.28. The number of hydrogen-bond acceptors (Lipinski definition) is 3. The Morgan fingerprint density at radius 3 is 2.67 bits per heavy atom. The summed E-state index contributed by atoms with van der Waals surface area (Å²) in [5.74, 6) is -1.54. The summed E-state index contributed by atoms with van der Waals surface area (Å²) in [7, 11) is 1.24. The zero-order valence-electron chi connectivity index (χ0n) is 7.99. The highest BCUT2D eigenvalue weighted by molar-refractivity contribution is 6.33. The van der Waals surface area contributed by atoms with Gasteiger partial charge >= 0.3 is 11.9 Å². The number of methoxy groups -OCH3 is 1. The molecule has 1 N–H and O–H groups in total. The normalized spacial score (nSPS) is 9.73. The lowest BCUT2D eigenvalue weighted by molar-refractivity contribution is -0.136. The highest BCUT2D eigenvalue weighted by Gasteiger charge is 2.12. The van der Waals surface area contributed by atoms with E-state index in [1.54, 1.807) is 6.07 Å². The molecule has 0 unspecified atom stereocenters. The SMILES string of the molecule is COC(=O)c1cc(CC(=O)O)ccc1Cl. The predicted molar refractivity (Wildman–Crippen MR) is 54.1 cm³/mol. The van der Waals surface area contributed by atoms with E-state index in [-0.39, 0.29) is 17.0 Å². The third-order valence-corrected chi connectivity index (χ3v) is 2.12. The molecule has 0 aliphatic carbocycles. The lowest BCUT2D eigenvalue weighted by Gasteiger charge is -2.04. The summed E-state index contributed by atoms with van der Waals surface area (Å²) < 4.78 is 4.51. The van der Waals surface area contributed by atoms with E-state index in [0.717, 1.165) is 0 Å². The largest absolute Gasteiger partial charge is 0.481 e. The molecule has 0 heterocycles. The standard InChI is InChI=1S/C10H9ClO4/c1-15-10(14)7-4-6(5-9(12)13)2-3-8(7)11/h2-4H,5H2,1H3,(H,12,13). The maximum absolute atomic E-state index is 11.2. The number of carbonyl (C=O) groups is 2. The van der Waals surface area contributed by atoms with Crippen molar-refractivity contribution in [3.05, 3.63) is 34.3 Å². The molecule has 0 aromatic heterocycles. The van der Waals surface area contributed by atoms with Crippen LogP contribution in [0.2, 0.25) is 5.02 Å². The molecule has 0 saturated carbocycles. The summed E-state index contributed by atoms with van der Waals surface area (Å²) in [5.41, 5.74) is 0.685. The minimum atomic E-state index is -0.965. The number of hydrogen-bond donors (Lipinski definition) is 1. The van der Waals surface area contributed by atoms with Crippen LogP contribution in [0.25, 0.3) is 0 Å². The highest BCUT2D eigenvalue weighted by Crippen LogP contribution is 2.18. The fourth-order valence-corrected chi connectivity index (χ4v) is 1.32. The van der Waals surface area contributed by atoms with Crippen LogP contribution in [0, 0.1) is 0 Å². The van der Waals surface area contributed by atoms with Crippen LogP contribution in [0.1, 0.15) is 15.9 Å². The number of halogens is 1. The van der Waals surface area contributed by atoms with Crippen LogP contribution in [0.5, 0.6) is 0 Å². The number of benzene rings is 1. The average molecular weight is 229 g/mol. The Labute approximate surface area is 91.4 Å². The van der Waals surface area contributed by atoms with Crippen LogP contribution in [0.15, 0.2) is 18.2 Å². The smallest absolute Gasteiger partial charge is 0.339 e. The van der Waals surface area contributed by atoms with E-state index in [1.165, 1.54) is 19.2 Å². The Morgan fingerprint density at radius 2 is 2.13 bits per heavy atom. The van der Waals surface area contributed by atoms with Gasteiger partial charge < -0.3 is 9.84 Å². The van der Waals surface area contributed by atoms with Crippen molar-refractivity contribution in [3.8, 4) is 0 Å². The highest BCUT2D eigenvalue weighted by atomic mass is 35.5. The number of esters is 1. The fraction of sp³-hybridized carbons (Fsp3) is 0.200. The van der Waals surface area contributed by atoms with Crippen LogP contribution in [0.3, 0.4) is 0 Å². The minimum absolute atomic E-state index is 0.152. The van der Waals surface area contributed by atoms with Crippen LogP contribution < -0.4 is 0 Å². The van der Waals surface area contributed by atoms with Gasteiger partial charge in [-0.25, -0.2) is 4.79 Å². The number of aliphatic carboxylic acids is 1. The molecule has 0 aliphatic rings. The van der Waals surface area contributed by atoms with Gasteiger partial charge in [-0.2, -0.15) is 0 Å². The van der Waals surface area contributed by atoms with Crippen molar-refractivity contribution >= 4 is 23.5 Å². The van der Waals surface area contributed by atoms with E-state index in [9.17, 15) is 9.59 Å². The summed E-state index contributed by atoms with van der Waals surface area (Å²) in [4.78, 5) is 21.7. The van der Waals surface area contributed by atoms with Crippen molar-refractivity contribution in [2.45, 2.75) is 6.42 Å². The van der Waals surface area contributed by atoms with Crippen LogP contribution in [-0.2, 0) is 16.0 Å². The first kappa shape index (κ1) is 11.5. The molecule has 1 aromatic carbocycles. The van der Waals surface area contributed by atoms with Crippen molar-refractivity contribution in [3.63, 3.8) is 0 Å². The van der Waals surface area contributed by atoms with Crippen molar-refractivity contribution in [2.24, 2.45) is 0 Å². The first-order valence-electron chi connectivity index (χ1n) is 4.13. The Hall–Kier alpha value is -1.55. The Balaban J connectivity index is 3.05. The van der Waals surface area contributed by atoms with E-state index < -0.39 is 11.9 Å². The van der Waals surface area contributed by atoms with Gasteiger partial charge in [0, 0.05) is 0 Å². The van der Waals surface area contributed by atoms with Gasteiger partial charge in [-0.1, -0.05) is 17.7 Å². The van der Waals surface area contributed by atoms with Gasteiger partial charge in [0.25, 0.3) is 0 Å². The van der Waals surface area contributed by atoms with E-state index in [0.29, 0.717) is 5.56 Å². The zero-order chi connectivity index (χ0) is 11.4.